The number of amides is 2. The number of fused-ring (bicyclic) bond motifs is 1. The SMILES string of the molecule is COc1ccc(-n2ccnc2SCCN2C(=O)c3ccccc3C2=O)cc1. The van der Waals surface area contributed by atoms with Crippen molar-refractivity contribution in [3.63, 3.8) is 0 Å². The fourth-order valence-corrected chi connectivity index (χ4v) is 3.90. The molecular weight excluding hydrogens is 362 g/mol. The number of methoxy groups -OCH3 is 1. The van der Waals surface area contributed by atoms with Gasteiger partial charge in [-0.25, -0.2) is 4.98 Å². The number of benzene rings is 2. The first-order valence-electron chi connectivity index (χ1n) is 8.45. The number of hydrogen-bond donors (Lipinski definition) is 0. The van der Waals surface area contributed by atoms with Crippen LogP contribution in [-0.4, -0.2) is 45.7 Å². The number of carbonyl (C=O) groups is 2. The molecule has 2 heterocycles. The maximum atomic E-state index is 12.4. The van der Waals surface area contributed by atoms with E-state index in [0.717, 1.165) is 16.6 Å². The molecule has 136 valence electrons. The molecule has 0 aliphatic carbocycles. The lowest BCUT2D eigenvalue weighted by atomic mass is 10.1. The van der Waals surface area contributed by atoms with E-state index in [-0.39, 0.29) is 11.8 Å². The highest BCUT2D eigenvalue weighted by Crippen LogP contribution is 2.25. The maximum Gasteiger partial charge on any atom is 0.261 e. The van der Waals surface area contributed by atoms with Crippen molar-refractivity contribution in [2.75, 3.05) is 19.4 Å². The molecule has 7 heteroatoms. The van der Waals surface area contributed by atoms with Gasteiger partial charge < -0.3 is 4.74 Å². The van der Waals surface area contributed by atoms with Crippen molar-refractivity contribution in [3.05, 3.63) is 72.1 Å². The molecule has 1 aliphatic heterocycles. The Bertz CT molecular complexity index is 963. The number of ether oxygens (including phenoxy) is 1. The van der Waals surface area contributed by atoms with Crippen LogP contribution >= 0.6 is 11.8 Å². The summed E-state index contributed by atoms with van der Waals surface area (Å²) < 4.78 is 7.15. The second-order valence-corrected chi connectivity index (χ2v) is 7.00. The van der Waals surface area contributed by atoms with E-state index in [9.17, 15) is 9.59 Å². The van der Waals surface area contributed by atoms with E-state index in [2.05, 4.69) is 4.98 Å². The number of carbonyl (C=O) groups excluding carboxylic acids is 2. The Morgan fingerprint density at radius 2 is 1.67 bits per heavy atom. The molecule has 0 spiro atoms. The lowest BCUT2D eigenvalue weighted by Gasteiger charge is -2.13. The quantitative estimate of drug-likeness (QED) is 0.486. The van der Waals surface area contributed by atoms with E-state index >= 15 is 0 Å². The third-order valence-electron chi connectivity index (χ3n) is 4.38. The van der Waals surface area contributed by atoms with Crippen LogP contribution in [0.5, 0.6) is 5.75 Å². The molecule has 2 aromatic carbocycles. The van der Waals surface area contributed by atoms with Crippen molar-refractivity contribution in [2.45, 2.75) is 5.16 Å². The zero-order valence-corrected chi connectivity index (χ0v) is 15.5. The monoisotopic (exact) mass is 379 g/mol. The average Bonchev–Trinajstić information content (AvgIpc) is 3.27. The van der Waals surface area contributed by atoms with Crippen LogP contribution in [0.15, 0.2) is 66.1 Å². The fourth-order valence-electron chi connectivity index (χ4n) is 3.01. The molecule has 0 saturated heterocycles. The Labute approximate surface area is 160 Å². The molecule has 2 amide bonds. The van der Waals surface area contributed by atoms with E-state index in [1.54, 1.807) is 37.6 Å². The minimum Gasteiger partial charge on any atom is -0.497 e. The summed E-state index contributed by atoms with van der Waals surface area (Å²) in [4.78, 5) is 30.5. The molecule has 1 aromatic heterocycles. The predicted octanol–water partition coefficient (Wildman–Crippen LogP) is 3.27. The van der Waals surface area contributed by atoms with Gasteiger partial charge in [-0.1, -0.05) is 23.9 Å². The van der Waals surface area contributed by atoms with Crippen LogP contribution in [0, 0.1) is 0 Å². The van der Waals surface area contributed by atoms with Crippen molar-refractivity contribution >= 4 is 23.6 Å². The summed E-state index contributed by atoms with van der Waals surface area (Å²) in [5.41, 5.74) is 1.93. The van der Waals surface area contributed by atoms with Crippen molar-refractivity contribution in [1.82, 2.24) is 14.5 Å². The van der Waals surface area contributed by atoms with Crippen LogP contribution in [0.3, 0.4) is 0 Å². The van der Waals surface area contributed by atoms with Gasteiger partial charge in [0.2, 0.25) is 0 Å². The van der Waals surface area contributed by atoms with Gasteiger partial charge >= 0.3 is 0 Å². The minimum atomic E-state index is -0.227. The van der Waals surface area contributed by atoms with Gasteiger partial charge in [0.15, 0.2) is 5.16 Å². The van der Waals surface area contributed by atoms with Crippen molar-refractivity contribution in [1.29, 1.82) is 0 Å². The second kappa shape index (κ2) is 7.28. The molecule has 0 bridgehead atoms. The topological polar surface area (TPSA) is 64.4 Å². The molecule has 3 aromatic rings. The average molecular weight is 379 g/mol. The van der Waals surface area contributed by atoms with Crippen molar-refractivity contribution < 1.29 is 14.3 Å². The Morgan fingerprint density at radius 3 is 2.30 bits per heavy atom. The summed E-state index contributed by atoms with van der Waals surface area (Å²) in [5.74, 6) is 0.904. The number of imide groups is 1. The molecule has 0 radical (unpaired) electrons. The summed E-state index contributed by atoms with van der Waals surface area (Å²) in [5, 5.41) is 0.803. The fraction of sp³-hybridized carbons (Fsp3) is 0.150. The van der Waals surface area contributed by atoms with Gasteiger partial charge in [0.05, 0.1) is 18.2 Å². The zero-order chi connectivity index (χ0) is 18.8. The first kappa shape index (κ1) is 17.4. The molecule has 4 rings (SSSR count). The number of rotatable bonds is 6. The van der Waals surface area contributed by atoms with Crippen LogP contribution in [0.2, 0.25) is 0 Å². The van der Waals surface area contributed by atoms with E-state index < -0.39 is 0 Å². The molecule has 0 atom stereocenters. The number of thioether (sulfide) groups is 1. The summed E-state index contributed by atoms with van der Waals surface area (Å²) in [6, 6.07) is 14.6. The zero-order valence-electron chi connectivity index (χ0n) is 14.7. The van der Waals surface area contributed by atoms with Crippen LogP contribution in [-0.2, 0) is 0 Å². The highest BCUT2D eigenvalue weighted by Gasteiger charge is 2.34. The first-order chi connectivity index (χ1) is 13.2. The summed E-state index contributed by atoms with van der Waals surface area (Å²) >= 11 is 1.50. The molecular formula is C20H17N3O3S. The van der Waals surface area contributed by atoms with Crippen LogP contribution < -0.4 is 4.74 Å². The highest BCUT2D eigenvalue weighted by molar-refractivity contribution is 7.99. The third kappa shape index (κ3) is 3.21. The van der Waals surface area contributed by atoms with E-state index in [4.69, 9.17) is 4.74 Å². The smallest absolute Gasteiger partial charge is 0.261 e. The second-order valence-electron chi connectivity index (χ2n) is 5.93. The largest absolute Gasteiger partial charge is 0.497 e. The maximum absolute atomic E-state index is 12.4. The van der Waals surface area contributed by atoms with E-state index in [0.29, 0.717) is 23.4 Å². The van der Waals surface area contributed by atoms with Crippen LogP contribution in [0.4, 0.5) is 0 Å². The molecule has 0 fully saturated rings. The predicted molar refractivity (Wildman–Crippen MR) is 103 cm³/mol. The summed E-state index contributed by atoms with van der Waals surface area (Å²) in [6.45, 7) is 0.340. The Morgan fingerprint density at radius 1 is 1.00 bits per heavy atom. The van der Waals surface area contributed by atoms with Crippen LogP contribution in [0.25, 0.3) is 5.69 Å². The van der Waals surface area contributed by atoms with Gasteiger partial charge in [-0.2, -0.15) is 0 Å². The number of nitrogens with zero attached hydrogens (tertiary/aromatic N) is 3. The molecule has 6 nitrogen and oxygen atoms in total. The molecule has 1 aliphatic rings. The standard InChI is InChI=1S/C20H17N3O3S/c1-26-15-8-6-14(7-9-15)22-11-10-21-20(22)27-13-12-23-18(24)16-4-2-3-5-17(16)19(23)25/h2-11H,12-13H2,1H3. The van der Waals surface area contributed by atoms with Crippen molar-refractivity contribution in [2.24, 2.45) is 0 Å². The van der Waals surface area contributed by atoms with Gasteiger partial charge in [-0.3, -0.25) is 19.1 Å². The molecule has 0 N–H and O–H groups in total. The summed E-state index contributed by atoms with van der Waals surface area (Å²) in [7, 11) is 1.63. The normalized spacial score (nSPS) is 13.1. The first-order valence-corrected chi connectivity index (χ1v) is 9.43. The summed E-state index contributed by atoms with van der Waals surface area (Å²) in [6.07, 6.45) is 3.61. The molecule has 0 saturated carbocycles. The molecule has 27 heavy (non-hydrogen) atoms. The third-order valence-corrected chi connectivity index (χ3v) is 5.33. The Balaban J connectivity index is 1.43. The van der Waals surface area contributed by atoms with Gasteiger partial charge in [0, 0.05) is 30.4 Å². The van der Waals surface area contributed by atoms with Gasteiger partial charge in [-0.15, -0.1) is 0 Å². The lowest BCUT2D eigenvalue weighted by molar-refractivity contribution is 0.0664. The number of hydrogen-bond acceptors (Lipinski definition) is 5. The van der Waals surface area contributed by atoms with Crippen LogP contribution in [0.1, 0.15) is 20.7 Å². The minimum absolute atomic E-state index is 0.227. The molecule has 0 unspecified atom stereocenters. The lowest BCUT2D eigenvalue weighted by Crippen LogP contribution is -2.31. The van der Waals surface area contributed by atoms with Crippen molar-refractivity contribution in [3.8, 4) is 11.4 Å². The van der Waals surface area contributed by atoms with Gasteiger partial charge in [-0.05, 0) is 36.4 Å². The number of imidazole rings is 1. The van der Waals surface area contributed by atoms with Gasteiger partial charge in [0.1, 0.15) is 5.75 Å². The Kier molecular flexibility index (Phi) is 4.68. The number of aromatic nitrogens is 2. The van der Waals surface area contributed by atoms with E-state index in [1.807, 2.05) is 35.0 Å². The Hall–Kier alpha value is -3.06. The van der Waals surface area contributed by atoms with Gasteiger partial charge in [0.25, 0.3) is 11.8 Å². The van der Waals surface area contributed by atoms with E-state index in [1.165, 1.54) is 16.7 Å². The highest BCUT2D eigenvalue weighted by atomic mass is 32.2.